The molecule has 4 nitrogen and oxygen atoms in total. The van der Waals surface area contributed by atoms with Crippen LogP contribution in [0.2, 0.25) is 0 Å². The summed E-state index contributed by atoms with van der Waals surface area (Å²) in [5.41, 5.74) is 2.54. The number of fused-ring (bicyclic) bond motifs is 3. The molecule has 4 heteroatoms. The van der Waals surface area contributed by atoms with Gasteiger partial charge in [0, 0.05) is 36.2 Å². The first kappa shape index (κ1) is 15.7. The Bertz CT molecular complexity index is 1030. The monoisotopic (exact) mass is 332 g/mol. The predicted molar refractivity (Wildman–Crippen MR) is 97.7 cm³/mol. The Morgan fingerprint density at radius 2 is 1.88 bits per heavy atom. The van der Waals surface area contributed by atoms with E-state index in [4.69, 9.17) is 4.74 Å². The summed E-state index contributed by atoms with van der Waals surface area (Å²) in [7, 11) is 3.70. The average Bonchev–Trinajstić information content (AvgIpc) is 2.96. The van der Waals surface area contributed by atoms with Crippen LogP contribution in [0, 0.1) is 11.3 Å². The van der Waals surface area contributed by atoms with Crippen LogP contribution in [0.1, 0.15) is 31.2 Å². The summed E-state index contributed by atoms with van der Waals surface area (Å²) in [6, 6.07) is 14.8. The van der Waals surface area contributed by atoms with Crippen molar-refractivity contribution >= 4 is 27.6 Å². The topological polar surface area (TPSA) is 55.0 Å². The van der Waals surface area contributed by atoms with Crippen LogP contribution < -0.4 is 4.74 Å². The van der Waals surface area contributed by atoms with E-state index in [0.717, 1.165) is 33.1 Å². The van der Waals surface area contributed by atoms with E-state index < -0.39 is 5.41 Å². The SMILES string of the molecule is COc1ccc(C2(C#N)CCC(=O)CC2)c2c3ccccc3n(C)c12. The summed E-state index contributed by atoms with van der Waals surface area (Å²) in [6.45, 7) is 0. The molecule has 126 valence electrons. The summed E-state index contributed by atoms with van der Waals surface area (Å²) in [4.78, 5) is 11.7. The van der Waals surface area contributed by atoms with Crippen molar-refractivity contribution in [3.63, 3.8) is 0 Å². The number of benzene rings is 2. The van der Waals surface area contributed by atoms with Gasteiger partial charge in [-0.3, -0.25) is 4.79 Å². The minimum Gasteiger partial charge on any atom is -0.495 e. The van der Waals surface area contributed by atoms with Crippen LogP contribution >= 0.6 is 0 Å². The van der Waals surface area contributed by atoms with E-state index in [1.54, 1.807) is 7.11 Å². The molecule has 0 radical (unpaired) electrons. The number of ether oxygens (including phenoxy) is 1. The molecule has 4 rings (SSSR count). The van der Waals surface area contributed by atoms with Gasteiger partial charge >= 0.3 is 0 Å². The molecular weight excluding hydrogens is 312 g/mol. The van der Waals surface area contributed by atoms with Crippen molar-refractivity contribution in [2.45, 2.75) is 31.1 Å². The van der Waals surface area contributed by atoms with E-state index in [-0.39, 0.29) is 5.78 Å². The zero-order valence-electron chi connectivity index (χ0n) is 14.5. The first-order valence-corrected chi connectivity index (χ1v) is 8.59. The van der Waals surface area contributed by atoms with Crippen molar-refractivity contribution in [3.8, 4) is 11.8 Å². The van der Waals surface area contributed by atoms with Crippen molar-refractivity contribution in [1.82, 2.24) is 4.57 Å². The third-order valence-corrected chi connectivity index (χ3v) is 5.62. The molecule has 0 amide bonds. The molecule has 0 bridgehead atoms. The number of hydrogen-bond donors (Lipinski definition) is 0. The van der Waals surface area contributed by atoms with Crippen molar-refractivity contribution in [2.24, 2.45) is 7.05 Å². The molecule has 0 spiro atoms. The number of aromatic nitrogens is 1. The Labute approximate surface area is 146 Å². The lowest BCUT2D eigenvalue weighted by Gasteiger charge is -2.31. The normalized spacial score (nSPS) is 16.9. The predicted octanol–water partition coefficient (Wildman–Crippen LogP) is 4.24. The number of Topliss-reactive ketones (excluding diaryl/α,β-unsaturated/α-hetero) is 1. The van der Waals surface area contributed by atoms with Gasteiger partial charge in [-0.05, 0) is 30.5 Å². The lowest BCUT2D eigenvalue weighted by Crippen LogP contribution is -2.30. The molecule has 0 unspecified atom stereocenters. The lowest BCUT2D eigenvalue weighted by atomic mass is 9.69. The second kappa shape index (κ2) is 5.63. The van der Waals surface area contributed by atoms with Crippen LogP contribution in [0.15, 0.2) is 36.4 Å². The third-order valence-electron chi connectivity index (χ3n) is 5.62. The van der Waals surface area contributed by atoms with E-state index in [1.807, 2.05) is 31.3 Å². The van der Waals surface area contributed by atoms with Crippen molar-refractivity contribution < 1.29 is 9.53 Å². The van der Waals surface area contributed by atoms with Crippen LogP contribution in [0.3, 0.4) is 0 Å². The smallest absolute Gasteiger partial charge is 0.143 e. The zero-order valence-corrected chi connectivity index (χ0v) is 14.5. The number of methoxy groups -OCH3 is 1. The van der Waals surface area contributed by atoms with Gasteiger partial charge in [0.15, 0.2) is 0 Å². The number of carbonyl (C=O) groups is 1. The van der Waals surface area contributed by atoms with Crippen LogP contribution in [-0.2, 0) is 17.3 Å². The van der Waals surface area contributed by atoms with Gasteiger partial charge in [0.1, 0.15) is 11.5 Å². The van der Waals surface area contributed by atoms with Gasteiger partial charge in [-0.2, -0.15) is 5.26 Å². The Hall–Kier alpha value is -2.80. The molecule has 0 N–H and O–H groups in total. The number of hydrogen-bond acceptors (Lipinski definition) is 3. The fourth-order valence-electron chi connectivity index (χ4n) is 4.24. The number of nitriles is 1. The van der Waals surface area contributed by atoms with E-state index >= 15 is 0 Å². The molecule has 1 aromatic heterocycles. The number of aryl methyl sites for hydroxylation is 1. The van der Waals surface area contributed by atoms with Gasteiger partial charge in [-0.15, -0.1) is 0 Å². The Morgan fingerprint density at radius 1 is 1.16 bits per heavy atom. The summed E-state index contributed by atoms with van der Waals surface area (Å²) in [6.07, 6.45) is 2.14. The number of carbonyl (C=O) groups excluding carboxylic acids is 1. The quantitative estimate of drug-likeness (QED) is 0.705. The first-order chi connectivity index (χ1) is 12.1. The maximum Gasteiger partial charge on any atom is 0.143 e. The van der Waals surface area contributed by atoms with E-state index in [0.29, 0.717) is 25.7 Å². The van der Waals surface area contributed by atoms with Gasteiger partial charge in [0.25, 0.3) is 0 Å². The number of ketones is 1. The van der Waals surface area contributed by atoms with Gasteiger partial charge in [-0.25, -0.2) is 0 Å². The molecule has 0 saturated heterocycles. The number of rotatable bonds is 2. The molecular formula is C21H20N2O2. The standard InChI is InChI=1S/C21H20N2O2/c1-23-17-6-4-3-5-15(17)19-16(7-8-18(25-2)20(19)23)21(13-22)11-9-14(24)10-12-21/h3-8H,9-12H2,1-2H3. The minimum atomic E-state index is -0.609. The summed E-state index contributed by atoms with van der Waals surface area (Å²) in [5.74, 6) is 1.06. The van der Waals surface area contributed by atoms with Crippen LogP contribution in [-0.4, -0.2) is 17.5 Å². The fourth-order valence-corrected chi connectivity index (χ4v) is 4.24. The van der Waals surface area contributed by atoms with Crippen LogP contribution in [0.5, 0.6) is 5.75 Å². The maximum atomic E-state index is 11.7. The largest absolute Gasteiger partial charge is 0.495 e. The second-order valence-corrected chi connectivity index (χ2v) is 6.85. The lowest BCUT2D eigenvalue weighted by molar-refractivity contribution is -0.120. The highest BCUT2D eigenvalue weighted by molar-refractivity contribution is 6.12. The second-order valence-electron chi connectivity index (χ2n) is 6.85. The summed E-state index contributed by atoms with van der Waals surface area (Å²) >= 11 is 0. The van der Waals surface area contributed by atoms with E-state index in [1.165, 1.54) is 0 Å². The maximum absolute atomic E-state index is 11.7. The number of para-hydroxylation sites is 1. The van der Waals surface area contributed by atoms with Crippen molar-refractivity contribution in [3.05, 3.63) is 42.0 Å². The van der Waals surface area contributed by atoms with Crippen LogP contribution in [0.4, 0.5) is 0 Å². The minimum absolute atomic E-state index is 0.258. The highest BCUT2D eigenvalue weighted by Gasteiger charge is 2.39. The molecule has 2 aromatic carbocycles. The van der Waals surface area contributed by atoms with Crippen LogP contribution in [0.25, 0.3) is 21.8 Å². The highest BCUT2D eigenvalue weighted by atomic mass is 16.5. The van der Waals surface area contributed by atoms with Gasteiger partial charge in [0.2, 0.25) is 0 Å². The molecule has 1 aliphatic carbocycles. The summed E-state index contributed by atoms with van der Waals surface area (Å²) in [5, 5.41) is 12.2. The molecule has 1 saturated carbocycles. The Morgan fingerprint density at radius 3 is 2.56 bits per heavy atom. The molecule has 1 aliphatic rings. The van der Waals surface area contributed by atoms with Gasteiger partial charge in [0.05, 0.1) is 24.1 Å². The molecule has 1 fully saturated rings. The summed E-state index contributed by atoms with van der Waals surface area (Å²) < 4.78 is 7.74. The van der Waals surface area contributed by atoms with E-state index in [2.05, 4.69) is 22.8 Å². The van der Waals surface area contributed by atoms with Crippen molar-refractivity contribution in [1.29, 1.82) is 5.26 Å². The Balaban J connectivity index is 2.11. The molecule has 0 atom stereocenters. The first-order valence-electron chi connectivity index (χ1n) is 8.59. The zero-order chi connectivity index (χ0) is 17.6. The van der Waals surface area contributed by atoms with Gasteiger partial charge in [-0.1, -0.05) is 24.3 Å². The average molecular weight is 332 g/mol. The molecule has 25 heavy (non-hydrogen) atoms. The van der Waals surface area contributed by atoms with E-state index in [9.17, 15) is 10.1 Å². The number of nitrogens with zero attached hydrogens (tertiary/aromatic N) is 2. The molecule has 3 aromatic rings. The van der Waals surface area contributed by atoms with Crippen molar-refractivity contribution in [2.75, 3.05) is 7.11 Å². The molecule has 1 heterocycles. The van der Waals surface area contributed by atoms with Gasteiger partial charge < -0.3 is 9.30 Å². The highest BCUT2D eigenvalue weighted by Crippen LogP contribution is 2.45. The fraction of sp³-hybridized carbons (Fsp3) is 0.333. The third kappa shape index (κ3) is 2.16. The Kier molecular flexibility index (Phi) is 3.54. The molecule has 0 aliphatic heterocycles.